The van der Waals surface area contributed by atoms with Crippen molar-refractivity contribution in [3.63, 3.8) is 0 Å². The molecule has 21 heavy (non-hydrogen) atoms. The van der Waals surface area contributed by atoms with Crippen molar-refractivity contribution in [2.24, 2.45) is 0 Å². The van der Waals surface area contributed by atoms with E-state index in [1.54, 1.807) is 0 Å². The van der Waals surface area contributed by atoms with Crippen LogP contribution in [0.15, 0.2) is 66.4 Å². The van der Waals surface area contributed by atoms with Crippen LogP contribution in [-0.2, 0) is 0 Å². The van der Waals surface area contributed by atoms with Gasteiger partial charge in [0.2, 0.25) is 0 Å². The zero-order chi connectivity index (χ0) is 14.2. The van der Waals surface area contributed by atoms with Gasteiger partial charge >= 0.3 is 0 Å². The molecule has 0 amide bonds. The van der Waals surface area contributed by atoms with E-state index >= 15 is 0 Å². The van der Waals surface area contributed by atoms with Gasteiger partial charge in [0.15, 0.2) is 0 Å². The van der Waals surface area contributed by atoms with E-state index in [-0.39, 0.29) is 0 Å². The fraction of sp³-hybridized carbons (Fsp3) is 0.150. The number of benzene rings is 2. The first-order valence-corrected chi connectivity index (χ1v) is 7.44. The smallest absolute Gasteiger partial charge is 0.0743 e. The maximum atomic E-state index is 4.63. The third kappa shape index (κ3) is 1.89. The van der Waals surface area contributed by atoms with Crippen LogP contribution in [0.2, 0.25) is 0 Å². The van der Waals surface area contributed by atoms with Gasteiger partial charge in [0.25, 0.3) is 0 Å². The Morgan fingerprint density at radius 1 is 0.952 bits per heavy atom. The maximum absolute atomic E-state index is 4.63. The second kappa shape index (κ2) is 4.85. The van der Waals surface area contributed by atoms with Crippen LogP contribution in [0.1, 0.15) is 36.0 Å². The summed E-state index contributed by atoms with van der Waals surface area (Å²) in [5.74, 6) is 0.296. The summed E-state index contributed by atoms with van der Waals surface area (Å²) in [6, 6.07) is 19.2. The number of aromatic nitrogens is 1. The van der Waals surface area contributed by atoms with Crippen molar-refractivity contribution in [2.45, 2.75) is 19.3 Å². The van der Waals surface area contributed by atoms with Gasteiger partial charge in [-0.05, 0) is 40.8 Å². The largest absolute Gasteiger partial charge is 0.256 e. The lowest BCUT2D eigenvalue weighted by Crippen LogP contribution is -2.02. The van der Waals surface area contributed by atoms with E-state index in [1.807, 2.05) is 12.3 Å². The molecule has 1 heteroatoms. The van der Waals surface area contributed by atoms with Crippen molar-refractivity contribution in [2.75, 3.05) is 0 Å². The summed E-state index contributed by atoms with van der Waals surface area (Å²) >= 11 is 0. The minimum absolute atomic E-state index is 0.296. The molecular formula is C20H16N. The summed E-state index contributed by atoms with van der Waals surface area (Å²) in [5.41, 5.74) is 6.34. The number of hydrogen-bond donors (Lipinski definition) is 0. The third-order valence-corrected chi connectivity index (χ3v) is 4.27. The molecule has 1 radical (unpaired) electrons. The van der Waals surface area contributed by atoms with Crippen molar-refractivity contribution < 1.29 is 0 Å². The molecule has 1 atom stereocenters. The van der Waals surface area contributed by atoms with Crippen LogP contribution >= 0.6 is 0 Å². The number of para-hydroxylation sites is 1. The highest BCUT2D eigenvalue weighted by Gasteiger charge is 2.27. The Balaban J connectivity index is 1.98. The lowest BCUT2D eigenvalue weighted by Gasteiger charge is -2.18. The fourth-order valence-corrected chi connectivity index (χ4v) is 3.30. The van der Waals surface area contributed by atoms with Gasteiger partial charge in [0.05, 0.1) is 5.52 Å². The Bertz CT molecular complexity index is 840. The maximum Gasteiger partial charge on any atom is 0.0743 e. The zero-order valence-electron chi connectivity index (χ0n) is 12.0. The molecule has 0 saturated carbocycles. The fourth-order valence-electron chi connectivity index (χ4n) is 3.30. The van der Waals surface area contributed by atoms with E-state index < -0.39 is 0 Å². The molecule has 1 aliphatic rings. The number of rotatable bonds is 2. The zero-order valence-corrected chi connectivity index (χ0v) is 12.0. The van der Waals surface area contributed by atoms with E-state index in [2.05, 4.69) is 66.5 Å². The van der Waals surface area contributed by atoms with Crippen LogP contribution in [0, 0.1) is 6.08 Å². The molecule has 0 N–H and O–H groups in total. The highest BCUT2D eigenvalue weighted by Crippen LogP contribution is 2.42. The molecular weight excluding hydrogens is 254 g/mol. The molecule has 1 aromatic heterocycles. The number of allylic oxidation sites excluding steroid dienone is 1. The summed E-state index contributed by atoms with van der Waals surface area (Å²) in [6.45, 7) is 2.21. The molecule has 1 unspecified atom stereocenters. The van der Waals surface area contributed by atoms with Gasteiger partial charge in [-0.1, -0.05) is 55.5 Å². The van der Waals surface area contributed by atoms with E-state index in [9.17, 15) is 0 Å². The first kappa shape index (κ1) is 12.3. The molecule has 3 aromatic rings. The third-order valence-electron chi connectivity index (χ3n) is 4.27. The number of pyridine rings is 1. The lowest BCUT2D eigenvalue weighted by atomic mass is 9.86. The summed E-state index contributed by atoms with van der Waals surface area (Å²) in [5, 5.41) is 1.20. The van der Waals surface area contributed by atoms with E-state index in [0.717, 1.165) is 11.9 Å². The average molecular weight is 270 g/mol. The number of fused-ring (bicyclic) bond motifs is 2. The molecule has 0 saturated heterocycles. The first-order valence-electron chi connectivity index (χ1n) is 7.44. The quantitative estimate of drug-likeness (QED) is 0.647. The highest BCUT2D eigenvalue weighted by atomic mass is 14.7. The van der Waals surface area contributed by atoms with Crippen LogP contribution in [0.3, 0.4) is 0 Å². The van der Waals surface area contributed by atoms with Gasteiger partial charge < -0.3 is 0 Å². The van der Waals surface area contributed by atoms with Gasteiger partial charge in [-0.3, -0.25) is 4.98 Å². The van der Waals surface area contributed by atoms with Gasteiger partial charge in [-0.25, -0.2) is 0 Å². The van der Waals surface area contributed by atoms with Crippen molar-refractivity contribution in [1.29, 1.82) is 0 Å². The Kier molecular flexibility index (Phi) is 2.85. The SMILES string of the molecule is CCC1=[C]c2ccccc2C1c1cccc2cccnc12. The van der Waals surface area contributed by atoms with E-state index in [4.69, 9.17) is 0 Å². The monoisotopic (exact) mass is 270 g/mol. The van der Waals surface area contributed by atoms with Crippen LogP contribution in [-0.4, -0.2) is 4.98 Å². The topological polar surface area (TPSA) is 12.9 Å². The minimum atomic E-state index is 0.296. The van der Waals surface area contributed by atoms with Crippen LogP contribution in [0.25, 0.3) is 10.9 Å². The summed E-state index contributed by atoms with van der Waals surface area (Å²) in [6.07, 6.45) is 6.48. The van der Waals surface area contributed by atoms with Gasteiger partial charge in [0.1, 0.15) is 0 Å². The summed E-state index contributed by atoms with van der Waals surface area (Å²) < 4.78 is 0. The van der Waals surface area contributed by atoms with Gasteiger partial charge in [0, 0.05) is 17.5 Å². The predicted octanol–water partition coefficient (Wildman–Crippen LogP) is 4.87. The molecule has 1 heterocycles. The summed E-state index contributed by atoms with van der Waals surface area (Å²) in [4.78, 5) is 4.63. The second-order valence-corrected chi connectivity index (χ2v) is 5.45. The number of nitrogens with zero attached hydrogens (tertiary/aromatic N) is 1. The van der Waals surface area contributed by atoms with Crippen molar-refractivity contribution in [3.05, 3.63) is 89.1 Å². The molecule has 4 rings (SSSR count). The Labute approximate surface area is 125 Å². The molecule has 2 aromatic carbocycles. The molecule has 101 valence electrons. The van der Waals surface area contributed by atoms with Gasteiger partial charge in [-0.15, -0.1) is 0 Å². The van der Waals surface area contributed by atoms with Crippen molar-refractivity contribution >= 4 is 10.9 Å². The van der Waals surface area contributed by atoms with Crippen LogP contribution in [0.5, 0.6) is 0 Å². The Morgan fingerprint density at radius 3 is 2.67 bits per heavy atom. The lowest BCUT2D eigenvalue weighted by molar-refractivity contribution is 0.906. The molecule has 0 fully saturated rings. The average Bonchev–Trinajstić information content (AvgIpc) is 2.92. The number of hydrogen-bond acceptors (Lipinski definition) is 1. The molecule has 0 aliphatic heterocycles. The van der Waals surface area contributed by atoms with Crippen LogP contribution in [0.4, 0.5) is 0 Å². The molecule has 1 aliphatic carbocycles. The molecule has 0 bridgehead atoms. The Hall–Kier alpha value is -2.41. The van der Waals surface area contributed by atoms with Crippen molar-refractivity contribution in [3.8, 4) is 0 Å². The highest BCUT2D eigenvalue weighted by molar-refractivity contribution is 5.83. The second-order valence-electron chi connectivity index (χ2n) is 5.45. The minimum Gasteiger partial charge on any atom is -0.256 e. The normalized spacial score (nSPS) is 16.8. The van der Waals surface area contributed by atoms with Crippen LogP contribution < -0.4 is 0 Å². The summed E-state index contributed by atoms with van der Waals surface area (Å²) in [7, 11) is 0. The standard InChI is InChI=1S/C20H16N/c1-2-14-13-16-7-3-4-10-17(16)19(14)18-11-5-8-15-9-6-12-21-20(15)18/h3-12,19H,2H2,1H3. The predicted molar refractivity (Wildman–Crippen MR) is 86.2 cm³/mol. The van der Waals surface area contributed by atoms with Gasteiger partial charge in [-0.2, -0.15) is 0 Å². The molecule has 0 spiro atoms. The Morgan fingerprint density at radius 2 is 1.76 bits per heavy atom. The van der Waals surface area contributed by atoms with E-state index in [1.165, 1.54) is 27.6 Å². The van der Waals surface area contributed by atoms with E-state index in [0.29, 0.717) is 5.92 Å². The van der Waals surface area contributed by atoms with Crippen molar-refractivity contribution in [1.82, 2.24) is 4.98 Å². The first-order chi connectivity index (χ1) is 10.4. The molecule has 1 nitrogen and oxygen atoms in total.